The lowest BCUT2D eigenvalue weighted by Gasteiger charge is -2.25. The first-order chi connectivity index (χ1) is 12.9. The molecule has 1 fully saturated rings. The molecule has 1 N–H and O–H groups in total. The molecule has 1 heterocycles. The average Bonchev–Trinajstić information content (AvgIpc) is 2.91. The zero-order valence-electron chi connectivity index (χ0n) is 14.8. The van der Waals surface area contributed by atoms with Crippen LogP contribution in [0.15, 0.2) is 54.1 Å². The Balaban J connectivity index is 2.14. The number of carbonyl (C=O) groups is 2. The van der Waals surface area contributed by atoms with E-state index in [1.807, 2.05) is 6.92 Å². The fraction of sp³-hybridized carbons (Fsp3) is 0.238. The third-order valence-corrected chi connectivity index (χ3v) is 4.85. The molecule has 27 heavy (non-hydrogen) atoms. The number of unbranched alkanes of at least 4 members (excludes halogenated alkanes) is 1. The SMILES string of the molecule is CCCCN1C(=O)C(=O)C(=C(O)c2ccc(Cl)cc2)[C@H]1c1ccc(F)cc1. The molecule has 2 aromatic carbocycles. The monoisotopic (exact) mass is 387 g/mol. The van der Waals surface area contributed by atoms with Crippen LogP contribution in [0, 0.1) is 5.82 Å². The second-order valence-corrected chi connectivity index (χ2v) is 6.84. The Morgan fingerprint density at radius 3 is 2.33 bits per heavy atom. The second-order valence-electron chi connectivity index (χ2n) is 6.40. The number of hydrogen-bond acceptors (Lipinski definition) is 3. The summed E-state index contributed by atoms with van der Waals surface area (Å²) in [5, 5.41) is 11.3. The molecular formula is C21H19ClFNO3. The molecule has 1 aliphatic heterocycles. The maximum atomic E-state index is 13.4. The van der Waals surface area contributed by atoms with Gasteiger partial charge in [-0.05, 0) is 48.4 Å². The summed E-state index contributed by atoms with van der Waals surface area (Å²) >= 11 is 5.89. The van der Waals surface area contributed by atoms with E-state index in [-0.39, 0.29) is 11.3 Å². The van der Waals surface area contributed by atoms with E-state index in [0.717, 1.165) is 6.42 Å². The molecule has 3 rings (SSSR count). The highest BCUT2D eigenvalue weighted by Crippen LogP contribution is 2.39. The molecule has 2 aromatic rings. The number of aliphatic hydroxyl groups excluding tert-OH is 1. The van der Waals surface area contributed by atoms with E-state index in [1.165, 1.54) is 29.2 Å². The average molecular weight is 388 g/mol. The molecule has 0 spiro atoms. The zero-order valence-corrected chi connectivity index (χ0v) is 15.5. The van der Waals surface area contributed by atoms with Crippen LogP contribution < -0.4 is 0 Å². The molecule has 140 valence electrons. The fourth-order valence-electron chi connectivity index (χ4n) is 3.19. The molecule has 4 nitrogen and oxygen atoms in total. The number of halogens is 2. The third-order valence-electron chi connectivity index (χ3n) is 4.60. The first kappa shape index (κ1) is 19.1. The van der Waals surface area contributed by atoms with Gasteiger partial charge in [-0.15, -0.1) is 0 Å². The van der Waals surface area contributed by atoms with Gasteiger partial charge in [-0.1, -0.05) is 37.1 Å². The van der Waals surface area contributed by atoms with Gasteiger partial charge in [0.15, 0.2) is 0 Å². The van der Waals surface area contributed by atoms with Crippen molar-refractivity contribution in [3.05, 3.63) is 76.1 Å². The van der Waals surface area contributed by atoms with Gasteiger partial charge in [-0.3, -0.25) is 9.59 Å². The fourth-order valence-corrected chi connectivity index (χ4v) is 3.32. The molecule has 1 aliphatic rings. The minimum Gasteiger partial charge on any atom is -0.507 e. The van der Waals surface area contributed by atoms with E-state index in [1.54, 1.807) is 24.3 Å². The lowest BCUT2D eigenvalue weighted by Crippen LogP contribution is -2.30. The van der Waals surface area contributed by atoms with Crippen molar-refractivity contribution in [2.75, 3.05) is 6.54 Å². The van der Waals surface area contributed by atoms with Gasteiger partial charge in [0.1, 0.15) is 11.6 Å². The van der Waals surface area contributed by atoms with Crippen molar-refractivity contribution in [3.63, 3.8) is 0 Å². The molecule has 1 saturated heterocycles. The van der Waals surface area contributed by atoms with E-state index in [9.17, 15) is 19.1 Å². The number of hydrogen-bond donors (Lipinski definition) is 1. The van der Waals surface area contributed by atoms with Crippen molar-refractivity contribution in [1.29, 1.82) is 0 Å². The van der Waals surface area contributed by atoms with Crippen LogP contribution >= 0.6 is 11.6 Å². The Kier molecular flexibility index (Phi) is 5.61. The van der Waals surface area contributed by atoms with E-state index in [2.05, 4.69) is 0 Å². The molecule has 1 amide bonds. The van der Waals surface area contributed by atoms with Crippen LogP contribution in [0.3, 0.4) is 0 Å². The van der Waals surface area contributed by atoms with Crippen molar-refractivity contribution < 1.29 is 19.1 Å². The Morgan fingerprint density at radius 1 is 1.11 bits per heavy atom. The Morgan fingerprint density at radius 2 is 1.74 bits per heavy atom. The molecule has 0 saturated carbocycles. The highest BCUT2D eigenvalue weighted by molar-refractivity contribution is 6.46. The first-order valence-electron chi connectivity index (χ1n) is 8.74. The highest BCUT2D eigenvalue weighted by atomic mass is 35.5. The molecule has 0 bridgehead atoms. The standard InChI is InChI=1S/C21H19ClFNO3/c1-2-3-12-24-18(13-6-10-16(23)11-7-13)17(20(26)21(24)27)19(25)14-4-8-15(22)9-5-14/h4-11,18,25H,2-3,12H2,1H3/t18-/m1/s1. The van der Waals surface area contributed by atoms with E-state index in [4.69, 9.17) is 11.6 Å². The van der Waals surface area contributed by atoms with Gasteiger partial charge < -0.3 is 10.0 Å². The lowest BCUT2D eigenvalue weighted by atomic mass is 9.95. The number of benzene rings is 2. The molecule has 0 radical (unpaired) electrons. The Bertz CT molecular complexity index is 891. The number of likely N-dealkylation sites (tertiary alicyclic amines) is 1. The predicted molar refractivity (Wildman–Crippen MR) is 102 cm³/mol. The van der Waals surface area contributed by atoms with Crippen molar-refractivity contribution in [2.24, 2.45) is 0 Å². The summed E-state index contributed by atoms with van der Waals surface area (Å²) in [5.41, 5.74) is 0.965. The summed E-state index contributed by atoms with van der Waals surface area (Å²) in [7, 11) is 0. The normalized spacial score (nSPS) is 18.9. The van der Waals surface area contributed by atoms with E-state index >= 15 is 0 Å². The van der Waals surface area contributed by atoms with Crippen LogP contribution in [0.1, 0.15) is 36.9 Å². The maximum absolute atomic E-state index is 13.4. The highest BCUT2D eigenvalue weighted by Gasteiger charge is 2.45. The van der Waals surface area contributed by atoms with Gasteiger partial charge in [0.05, 0.1) is 11.6 Å². The summed E-state index contributed by atoms with van der Waals surface area (Å²) in [6, 6.07) is 11.2. The van der Waals surface area contributed by atoms with Gasteiger partial charge in [0, 0.05) is 17.1 Å². The lowest BCUT2D eigenvalue weighted by molar-refractivity contribution is -0.139. The summed E-state index contributed by atoms with van der Waals surface area (Å²) in [5.74, 6) is -2.08. The van der Waals surface area contributed by atoms with Crippen LogP contribution in [0.2, 0.25) is 5.02 Å². The third kappa shape index (κ3) is 3.74. The molecule has 0 unspecified atom stereocenters. The largest absolute Gasteiger partial charge is 0.507 e. The maximum Gasteiger partial charge on any atom is 0.295 e. The van der Waals surface area contributed by atoms with Gasteiger partial charge in [0.25, 0.3) is 11.7 Å². The van der Waals surface area contributed by atoms with Crippen LogP contribution in [0.25, 0.3) is 5.76 Å². The Hall–Kier alpha value is -2.66. The molecule has 0 aromatic heterocycles. The van der Waals surface area contributed by atoms with Crippen molar-refractivity contribution in [3.8, 4) is 0 Å². The number of Topliss-reactive ketones (excluding diaryl/α,β-unsaturated/α-hetero) is 1. The van der Waals surface area contributed by atoms with Crippen molar-refractivity contribution >= 4 is 29.1 Å². The number of nitrogens with zero attached hydrogens (tertiary/aromatic N) is 1. The molecule has 0 aliphatic carbocycles. The minimum absolute atomic E-state index is 0.00466. The first-order valence-corrected chi connectivity index (χ1v) is 9.11. The van der Waals surface area contributed by atoms with Crippen molar-refractivity contribution in [1.82, 2.24) is 4.90 Å². The van der Waals surface area contributed by atoms with Crippen molar-refractivity contribution in [2.45, 2.75) is 25.8 Å². The van der Waals surface area contributed by atoms with Gasteiger partial charge in [-0.2, -0.15) is 0 Å². The van der Waals surface area contributed by atoms with Crippen LogP contribution in [0.5, 0.6) is 0 Å². The van der Waals surface area contributed by atoms with Gasteiger partial charge >= 0.3 is 0 Å². The number of carbonyl (C=O) groups excluding carboxylic acids is 2. The smallest absolute Gasteiger partial charge is 0.295 e. The zero-order chi connectivity index (χ0) is 19.6. The summed E-state index contributed by atoms with van der Waals surface area (Å²) < 4.78 is 13.4. The molecular weight excluding hydrogens is 369 g/mol. The number of rotatable bonds is 5. The van der Waals surface area contributed by atoms with Crippen LogP contribution in [0.4, 0.5) is 4.39 Å². The van der Waals surface area contributed by atoms with Crippen LogP contribution in [-0.4, -0.2) is 28.2 Å². The number of ketones is 1. The van der Waals surface area contributed by atoms with Gasteiger partial charge in [0.2, 0.25) is 0 Å². The second kappa shape index (κ2) is 7.92. The van der Waals surface area contributed by atoms with Crippen LogP contribution in [-0.2, 0) is 9.59 Å². The number of amides is 1. The van der Waals surface area contributed by atoms with E-state index in [0.29, 0.717) is 29.1 Å². The summed E-state index contributed by atoms with van der Waals surface area (Å²) in [6.07, 6.45) is 1.56. The number of aliphatic hydroxyl groups is 1. The van der Waals surface area contributed by atoms with E-state index < -0.39 is 23.5 Å². The summed E-state index contributed by atoms with van der Waals surface area (Å²) in [6.45, 7) is 2.36. The minimum atomic E-state index is -0.757. The predicted octanol–water partition coefficient (Wildman–Crippen LogP) is 4.70. The molecule has 6 heteroatoms. The quantitative estimate of drug-likeness (QED) is 0.459. The Labute approximate surface area is 161 Å². The molecule has 1 atom stereocenters. The summed E-state index contributed by atoms with van der Waals surface area (Å²) in [4.78, 5) is 26.7. The topological polar surface area (TPSA) is 57.6 Å². The van der Waals surface area contributed by atoms with Gasteiger partial charge in [-0.25, -0.2) is 4.39 Å².